The monoisotopic (exact) mass is 364 g/mol. The Morgan fingerprint density at radius 1 is 1.29 bits per heavy atom. The Hall–Kier alpha value is -1.70. The predicted molar refractivity (Wildman–Crippen MR) is 78.7 cm³/mol. The Morgan fingerprint density at radius 3 is 2.67 bits per heavy atom. The first-order valence-corrected chi connectivity index (χ1v) is 7.95. The smallest absolute Gasteiger partial charge is 0.387 e. The molecule has 2 aromatic heterocycles. The Morgan fingerprint density at radius 2 is 2.00 bits per heavy atom. The Kier molecular flexibility index (Phi) is 5.17. The van der Waals surface area contributed by atoms with Gasteiger partial charge in [0.25, 0.3) is 0 Å². The molecule has 14 heteroatoms. The fourth-order valence-corrected chi connectivity index (χ4v) is 2.66. The first-order valence-electron chi connectivity index (χ1n) is 6.42. The quantitative estimate of drug-likeness (QED) is 0.334. The molecule has 0 unspecified atom stereocenters. The third kappa shape index (κ3) is 3.38. The number of fused-ring (bicyclic) bond motifs is 1. The summed E-state index contributed by atoms with van der Waals surface area (Å²) in [4.78, 5) is 29.2. The van der Waals surface area contributed by atoms with Gasteiger partial charge < -0.3 is 36.6 Å². The second kappa shape index (κ2) is 6.66. The number of nitrogens with zero attached hydrogens (tertiary/aromatic N) is 4. The minimum absolute atomic E-state index is 0. The van der Waals surface area contributed by atoms with Crippen molar-refractivity contribution < 1.29 is 33.8 Å². The van der Waals surface area contributed by atoms with Crippen molar-refractivity contribution in [2.24, 2.45) is 0 Å². The molecule has 0 spiro atoms. The molecule has 3 heterocycles. The number of imidazole rings is 1. The van der Waals surface area contributed by atoms with Crippen molar-refractivity contribution in [1.82, 2.24) is 25.7 Å². The summed E-state index contributed by atoms with van der Waals surface area (Å²) in [7, 11) is -4.72. The molecular formula is C10H17N6O7P. The van der Waals surface area contributed by atoms with Gasteiger partial charge in [-0.15, -0.1) is 0 Å². The van der Waals surface area contributed by atoms with Gasteiger partial charge in [0.15, 0.2) is 17.7 Å². The lowest BCUT2D eigenvalue weighted by atomic mass is 10.1. The molecule has 9 N–H and O–H groups in total. The van der Waals surface area contributed by atoms with Crippen LogP contribution in [0.3, 0.4) is 0 Å². The fraction of sp³-hybridized carbons (Fsp3) is 0.500. The van der Waals surface area contributed by atoms with Crippen molar-refractivity contribution in [3.8, 4) is 0 Å². The van der Waals surface area contributed by atoms with Gasteiger partial charge in [0.1, 0.15) is 30.2 Å². The maximum absolute atomic E-state index is 10.7. The van der Waals surface area contributed by atoms with Crippen LogP contribution in [0.1, 0.15) is 6.23 Å². The fourth-order valence-electron chi connectivity index (χ4n) is 2.32. The zero-order valence-corrected chi connectivity index (χ0v) is 13.1. The number of nitrogen functional groups attached to an aromatic ring is 1. The number of rotatable bonds is 4. The van der Waals surface area contributed by atoms with Crippen LogP contribution in [-0.2, 0) is 13.8 Å². The first-order chi connectivity index (χ1) is 10.8. The molecule has 1 saturated heterocycles. The van der Waals surface area contributed by atoms with E-state index in [0.717, 1.165) is 0 Å². The molecule has 3 rings (SSSR count). The van der Waals surface area contributed by atoms with Gasteiger partial charge in [-0.2, -0.15) is 0 Å². The lowest BCUT2D eigenvalue weighted by Gasteiger charge is -2.16. The Labute approximate surface area is 134 Å². The van der Waals surface area contributed by atoms with Gasteiger partial charge >= 0.3 is 7.82 Å². The number of anilines is 1. The summed E-state index contributed by atoms with van der Waals surface area (Å²) in [5, 5.41) is 20.1. The largest absolute Gasteiger partial charge is 0.469 e. The van der Waals surface area contributed by atoms with E-state index in [4.69, 9.17) is 20.3 Å². The Bertz CT molecular complexity index is 765. The third-order valence-electron chi connectivity index (χ3n) is 3.41. The highest BCUT2D eigenvalue weighted by Gasteiger charge is 2.45. The van der Waals surface area contributed by atoms with Crippen molar-refractivity contribution >= 4 is 24.8 Å². The van der Waals surface area contributed by atoms with Crippen LogP contribution in [0.2, 0.25) is 0 Å². The summed E-state index contributed by atoms with van der Waals surface area (Å²) in [6.07, 6.45) is -2.49. The summed E-state index contributed by atoms with van der Waals surface area (Å²) >= 11 is 0. The number of aliphatic hydroxyl groups is 2. The molecule has 4 atom stereocenters. The molecule has 134 valence electrons. The number of nitrogens with two attached hydrogens (primary N) is 1. The number of aliphatic hydroxyl groups excluding tert-OH is 2. The van der Waals surface area contributed by atoms with Crippen LogP contribution in [-0.4, -0.2) is 64.4 Å². The van der Waals surface area contributed by atoms with Crippen LogP contribution in [0.5, 0.6) is 0 Å². The zero-order valence-electron chi connectivity index (χ0n) is 12.2. The van der Waals surface area contributed by atoms with E-state index in [-0.39, 0.29) is 17.6 Å². The maximum Gasteiger partial charge on any atom is 0.469 e. The van der Waals surface area contributed by atoms with Crippen LogP contribution in [0.4, 0.5) is 5.82 Å². The van der Waals surface area contributed by atoms with Gasteiger partial charge in [0.2, 0.25) is 0 Å². The van der Waals surface area contributed by atoms with Crippen LogP contribution in [0, 0.1) is 0 Å². The highest BCUT2D eigenvalue weighted by Crippen LogP contribution is 2.38. The number of hydrogen-bond acceptors (Lipinski definition) is 10. The molecular weight excluding hydrogens is 347 g/mol. The van der Waals surface area contributed by atoms with Crippen molar-refractivity contribution in [3.05, 3.63) is 12.7 Å². The number of aromatic nitrogens is 4. The summed E-state index contributed by atoms with van der Waals surface area (Å²) in [5.41, 5.74) is 6.25. The molecule has 24 heavy (non-hydrogen) atoms. The molecule has 0 bridgehead atoms. The van der Waals surface area contributed by atoms with E-state index in [1.165, 1.54) is 17.2 Å². The van der Waals surface area contributed by atoms with E-state index < -0.39 is 39.0 Å². The molecule has 0 aliphatic carbocycles. The molecule has 13 nitrogen and oxygen atoms in total. The highest BCUT2D eigenvalue weighted by atomic mass is 31.2. The van der Waals surface area contributed by atoms with Crippen molar-refractivity contribution in [1.29, 1.82) is 0 Å². The van der Waals surface area contributed by atoms with Crippen LogP contribution >= 0.6 is 7.82 Å². The molecule has 1 fully saturated rings. The minimum atomic E-state index is -4.72. The molecule has 1 aliphatic rings. The molecule has 2 aromatic rings. The topological polar surface area (TPSA) is 221 Å². The Balaban J connectivity index is 0.00000208. The zero-order chi connectivity index (χ0) is 16.8. The predicted octanol–water partition coefficient (Wildman–Crippen LogP) is -1.70. The van der Waals surface area contributed by atoms with Crippen molar-refractivity contribution in [2.45, 2.75) is 24.5 Å². The maximum atomic E-state index is 10.7. The first kappa shape index (κ1) is 18.6. The van der Waals surface area contributed by atoms with E-state index in [2.05, 4.69) is 19.5 Å². The van der Waals surface area contributed by atoms with Gasteiger partial charge in [-0.05, 0) is 0 Å². The standard InChI is InChI=1S/C10H14N5O7P.H3N/c11-8-5-9(13-2-12-8)15(3-14-5)10-7(17)6(16)4(22-10)1-21-23(18,19)20;/h2-4,6-7,10,16-17H,1H2,(H2,11,12,13)(H2,18,19,20);1H3/t4-,6-,7-,10-;/m1./s1. The van der Waals surface area contributed by atoms with E-state index in [1.807, 2.05) is 0 Å². The van der Waals surface area contributed by atoms with Crippen LogP contribution < -0.4 is 11.9 Å². The van der Waals surface area contributed by atoms with E-state index in [1.54, 1.807) is 0 Å². The average molecular weight is 364 g/mol. The van der Waals surface area contributed by atoms with Crippen LogP contribution in [0.15, 0.2) is 12.7 Å². The van der Waals surface area contributed by atoms with Gasteiger partial charge in [0, 0.05) is 0 Å². The number of hydrogen-bond donors (Lipinski definition) is 6. The normalized spacial score (nSPS) is 27.3. The molecule has 0 aromatic carbocycles. The van der Waals surface area contributed by atoms with Gasteiger partial charge in [-0.25, -0.2) is 19.5 Å². The van der Waals surface area contributed by atoms with Crippen molar-refractivity contribution in [2.75, 3.05) is 12.3 Å². The average Bonchev–Trinajstić information content (AvgIpc) is 3.01. The summed E-state index contributed by atoms with van der Waals surface area (Å²) in [6.45, 7) is -0.594. The number of phosphoric acid groups is 1. The molecule has 0 saturated carbocycles. The van der Waals surface area contributed by atoms with E-state index in [0.29, 0.717) is 5.52 Å². The molecule has 0 amide bonds. The number of phosphoric ester groups is 1. The van der Waals surface area contributed by atoms with Crippen LogP contribution in [0.25, 0.3) is 11.2 Å². The third-order valence-corrected chi connectivity index (χ3v) is 3.89. The highest BCUT2D eigenvalue weighted by molar-refractivity contribution is 7.46. The molecule has 0 radical (unpaired) electrons. The van der Waals surface area contributed by atoms with Crippen molar-refractivity contribution in [3.63, 3.8) is 0 Å². The second-order valence-corrected chi connectivity index (χ2v) is 6.15. The SMILES string of the molecule is N.Nc1ncnc2c1ncn2[C@@H]1O[C@H](COP(=O)(O)O)[C@@H](O)[C@H]1O. The lowest BCUT2D eigenvalue weighted by molar-refractivity contribution is -0.0504. The van der Waals surface area contributed by atoms with E-state index in [9.17, 15) is 14.8 Å². The number of ether oxygens (including phenoxy) is 1. The lowest BCUT2D eigenvalue weighted by Crippen LogP contribution is -2.33. The van der Waals surface area contributed by atoms with E-state index >= 15 is 0 Å². The van der Waals surface area contributed by atoms with Gasteiger partial charge in [0.05, 0.1) is 12.9 Å². The van der Waals surface area contributed by atoms with Gasteiger partial charge in [-0.1, -0.05) is 0 Å². The summed E-state index contributed by atoms with van der Waals surface area (Å²) in [5.74, 6) is 0.142. The molecule has 1 aliphatic heterocycles. The summed E-state index contributed by atoms with van der Waals surface area (Å²) in [6, 6.07) is 0. The summed E-state index contributed by atoms with van der Waals surface area (Å²) < 4.78 is 21.8. The second-order valence-electron chi connectivity index (χ2n) is 4.92. The van der Waals surface area contributed by atoms with Gasteiger partial charge in [-0.3, -0.25) is 9.09 Å². The minimum Gasteiger partial charge on any atom is -0.387 e.